The molecule has 5 nitrogen and oxygen atoms in total. The van der Waals surface area contributed by atoms with E-state index in [1.165, 1.54) is 12.8 Å². The molecule has 1 fully saturated rings. The molecule has 128 valence electrons. The highest BCUT2D eigenvalue weighted by Gasteiger charge is 2.14. The van der Waals surface area contributed by atoms with Crippen LogP contribution in [0.4, 0.5) is 0 Å². The second kappa shape index (κ2) is 10.1. The van der Waals surface area contributed by atoms with E-state index in [0.717, 1.165) is 44.0 Å². The number of carbonyl (C=O) groups is 1. The van der Waals surface area contributed by atoms with Crippen molar-refractivity contribution in [2.45, 2.75) is 32.1 Å². The molecule has 0 aliphatic carbocycles. The maximum atomic E-state index is 12.1. The van der Waals surface area contributed by atoms with Crippen molar-refractivity contribution in [3.8, 4) is 11.5 Å². The Bertz CT molecular complexity index is 454. The number of likely N-dealkylation sites (tertiary alicyclic amines) is 1. The quantitative estimate of drug-likeness (QED) is 0.748. The van der Waals surface area contributed by atoms with Crippen LogP contribution in [0.2, 0.25) is 0 Å². The van der Waals surface area contributed by atoms with Crippen LogP contribution >= 0.6 is 0 Å². The van der Waals surface area contributed by atoms with E-state index in [1.807, 2.05) is 29.2 Å². The first-order chi connectivity index (χ1) is 11.3. The Labute approximate surface area is 139 Å². The van der Waals surface area contributed by atoms with Crippen molar-refractivity contribution < 1.29 is 14.3 Å². The third-order valence-electron chi connectivity index (χ3n) is 4.08. The standard InChI is InChI=1S/C18H28N2O3/c1-22-16-6-8-17(9-7-16)23-15-12-19-11-10-18(21)20-13-4-2-3-5-14-20/h6-9,19H,2-5,10-15H2,1H3. The summed E-state index contributed by atoms with van der Waals surface area (Å²) in [6, 6.07) is 7.54. The lowest BCUT2D eigenvalue weighted by Gasteiger charge is -2.20. The van der Waals surface area contributed by atoms with E-state index >= 15 is 0 Å². The van der Waals surface area contributed by atoms with Crippen molar-refractivity contribution in [2.24, 2.45) is 0 Å². The number of ether oxygens (including phenoxy) is 2. The van der Waals surface area contributed by atoms with Crippen molar-refractivity contribution in [3.63, 3.8) is 0 Å². The second-order valence-electron chi connectivity index (χ2n) is 5.82. The van der Waals surface area contributed by atoms with E-state index in [1.54, 1.807) is 7.11 Å². The molecule has 0 bridgehead atoms. The van der Waals surface area contributed by atoms with Gasteiger partial charge in [-0.25, -0.2) is 0 Å². The molecule has 0 saturated carbocycles. The van der Waals surface area contributed by atoms with E-state index in [4.69, 9.17) is 9.47 Å². The van der Waals surface area contributed by atoms with E-state index in [9.17, 15) is 4.79 Å². The Morgan fingerprint density at radius 2 is 1.70 bits per heavy atom. The van der Waals surface area contributed by atoms with Gasteiger partial charge in [0.2, 0.25) is 5.91 Å². The number of methoxy groups -OCH3 is 1. The summed E-state index contributed by atoms with van der Waals surface area (Å²) in [5, 5.41) is 3.27. The molecular weight excluding hydrogens is 292 g/mol. The van der Waals surface area contributed by atoms with Crippen LogP contribution in [0, 0.1) is 0 Å². The van der Waals surface area contributed by atoms with Crippen LogP contribution in [-0.2, 0) is 4.79 Å². The molecule has 0 radical (unpaired) electrons. The van der Waals surface area contributed by atoms with Gasteiger partial charge in [0, 0.05) is 32.6 Å². The van der Waals surface area contributed by atoms with Crippen LogP contribution in [0.5, 0.6) is 11.5 Å². The van der Waals surface area contributed by atoms with Crippen molar-refractivity contribution in [1.29, 1.82) is 0 Å². The predicted octanol–water partition coefficient (Wildman–Crippen LogP) is 2.46. The summed E-state index contributed by atoms with van der Waals surface area (Å²) in [7, 11) is 1.65. The summed E-state index contributed by atoms with van der Waals surface area (Å²) in [5.74, 6) is 1.92. The van der Waals surface area contributed by atoms with Crippen molar-refractivity contribution in [1.82, 2.24) is 10.2 Å². The predicted molar refractivity (Wildman–Crippen MR) is 91.0 cm³/mol. The molecule has 1 heterocycles. The number of hydrogen-bond donors (Lipinski definition) is 1. The first-order valence-corrected chi connectivity index (χ1v) is 8.55. The van der Waals surface area contributed by atoms with Gasteiger partial charge in [0.1, 0.15) is 18.1 Å². The van der Waals surface area contributed by atoms with E-state index < -0.39 is 0 Å². The topological polar surface area (TPSA) is 50.8 Å². The molecule has 1 saturated heterocycles. The van der Waals surface area contributed by atoms with Gasteiger partial charge in [-0.1, -0.05) is 12.8 Å². The number of nitrogens with one attached hydrogen (secondary N) is 1. The average molecular weight is 320 g/mol. The third kappa shape index (κ3) is 6.48. The van der Waals surface area contributed by atoms with Gasteiger partial charge in [-0.2, -0.15) is 0 Å². The summed E-state index contributed by atoms with van der Waals surface area (Å²) in [6.07, 6.45) is 5.38. The van der Waals surface area contributed by atoms with Gasteiger partial charge in [-0.15, -0.1) is 0 Å². The Balaban J connectivity index is 1.53. The lowest BCUT2D eigenvalue weighted by atomic mass is 10.2. The summed E-state index contributed by atoms with van der Waals surface area (Å²) in [6.45, 7) is 3.89. The van der Waals surface area contributed by atoms with Gasteiger partial charge in [0.25, 0.3) is 0 Å². The fourth-order valence-electron chi connectivity index (χ4n) is 2.71. The Kier molecular flexibility index (Phi) is 7.73. The number of nitrogens with zero attached hydrogens (tertiary/aromatic N) is 1. The fourth-order valence-corrected chi connectivity index (χ4v) is 2.71. The van der Waals surface area contributed by atoms with Crippen LogP contribution in [-0.4, -0.2) is 50.7 Å². The summed E-state index contributed by atoms with van der Waals surface area (Å²) in [5.41, 5.74) is 0. The second-order valence-corrected chi connectivity index (χ2v) is 5.82. The summed E-state index contributed by atoms with van der Waals surface area (Å²) in [4.78, 5) is 14.1. The van der Waals surface area contributed by atoms with Crippen molar-refractivity contribution in [3.05, 3.63) is 24.3 Å². The number of carbonyl (C=O) groups excluding carboxylic acids is 1. The molecule has 5 heteroatoms. The summed E-state index contributed by atoms with van der Waals surface area (Å²) >= 11 is 0. The van der Waals surface area contributed by atoms with Crippen LogP contribution < -0.4 is 14.8 Å². The van der Waals surface area contributed by atoms with Crippen LogP contribution in [0.3, 0.4) is 0 Å². The molecule has 1 N–H and O–H groups in total. The zero-order valence-corrected chi connectivity index (χ0v) is 14.1. The molecule has 1 aromatic rings. The molecular formula is C18H28N2O3. The Hall–Kier alpha value is -1.75. The molecule has 2 rings (SSSR count). The van der Waals surface area contributed by atoms with Gasteiger partial charge in [-0.05, 0) is 37.1 Å². The molecule has 0 spiro atoms. The largest absolute Gasteiger partial charge is 0.497 e. The van der Waals surface area contributed by atoms with Crippen LogP contribution in [0.15, 0.2) is 24.3 Å². The molecule has 0 atom stereocenters. The Morgan fingerprint density at radius 1 is 1.04 bits per heavy atom. The lowest BCUT2D eigenvalue weighted by molar-refractivity contribution is -0.131. The van der Waals surface area contributed by atoms with Crippen LogP contribution in [0.25, 0.3) is 0 Å². The van der Waals surface area contributed by atoms with Crippen molar-refractivity contribution >= 4 is 5.91 Å². The first-order valence-electron chi connectivity index (χ1n) is 8.55. The minimum atomic E-state index is 0.274. The van der Waals surface area contributed by atoms with Crippen LogP contribution in [0.1, 0.15) is 32.1 Å². The maximum absolute atomic E-state index is 12.1. The zero-order valence-electron chi connectivity index (χ0n) is 14.1. The highest BCUT2D eigenvalue weighted by molar-refractivity contribution is 5.76. The third-order valence-corrected chi connectivity index (χ3v) is 4.08. The number of hydrogen-bond acceptors (Lipinski definition) is 4. The molecule has 1 aliphatic heterocycles. The van der Waals surface area contributed by atoms with E-state index in [0.29, 0.717) is 19.6 Å². The molecule has 1 amide bonds. The monoisotopic (exact) mass is 320 g/mol. The van der Waals surface area contributed by atoms with Crippen molar-refractivity contribution in [2.75, 3.05) is 39.9 Å². The summed E-state index contributed by atoms with van der Waals surface area (Å²) < 4.78 is 10.7. The number of benzene rings is 1. The molecule has 1 aliphatic rings. The molecule has 1 aromatic carbocycles. The highest BCUT2D eigenvalue weighted by atomic mass is 16.5. The molecule has 23 heavy (non-hydrogen) atoms. The number of amides is 1. The van der Waals surface area contributed by atoms with Gasteiger partial charge >= 0.3 is 0 Å². The van der Waals surface area contributed by atoms with Gasteiger partial charge in [-0.3, -0.25) is 4.79 Å². The fraction of sp³-hybridized carbons (Fsp3) is 0.611. The van der Waals surface area contributed by atoms with Gasteiger partial charge < -0.3 is 19.7 Å². The smallest absolute Gasteiger partial charge is 0.223 e. The van der Waals surface area contributed by atoms with Gasteiger partial charge in [0.15, 0.2) is 0 Å². The normalized spacial score (nSPS) is 15.1. The first kappa shape index (κ1) is 17.6. The molecule has 0 aromatic heterocycles. The van der Waals surface area contributed by atoms with Gasteiger partial charge in [0.05, 0.1) is 7.11 Å². The maximum Gasteiger partial charge on any atom is 0.223 e. The van der Waals surface area contributed by atoms with E-state index in [2.05, 4.69) is 5.32 Å². The highest BCUT2D eigenvalue weighted by Crippen LogP contribution is 2.16. The van der Waals surface area contributed by atoms with E-state index in [-0.39, 0.29) is 5.91 Å². The SMILES string of the molecule is COc1ccc(OCCNCCC(=O)N2CCCCCC2)cc1. The lowest BCUT2D eigenvalue weighted by Crippen LogP contribution is -2.34. The average Bonchev–Trinajstić information content (AvgIpc) is 2.87. The Morgan fingerprint density at radius 3 is 2.35 bits per heavy atom. The minimum Gasteiger partial charge on any atom is -0.497 e. The zero-order chi connectivity index (χ0) is 16.3. The number of rotatable bonds is 8. The molecule has 0 unspecified atom stereocenters. The minimum absolute atomic E-state index is 0.274.